The lowest BCUT2D eigenvalue weighted by atomic mass is 10.0. The first-order valence-electron chi connectivity index (χ1n) is 6.91. The molecule has 1 aromatic carbocycles. The maximum absolute atomic E-state index is 12.3. The normalized spacial score (nSPS) is 16.7. The number of hydrogen-bond acceptors (Lipinski definition) is 3. The van der Waals surface area contributed by atoms with Gasteiger partial charge in [-0.1, -0.05) is 18.2 Å². The molecule has 0 unspecified atom stereocenters. The Morgan fingerprint density at radius 1 is 1.26 bits per heavy atom. The van der Waals surface area contributed by atoms with Gasteiger partial charge in [-0.05, 0) is 24.1 Å². The number of rotatable bonds is 5. The monoisotopic (exact) mass is 372 g/mol. The van der Waals surface area contributed by atoms with Gasteiger partial charge in [-0.15, -0.1) is 44.6 Å². The average molecular weight is 373 g/mol. The molecule has 1 atom stereocenters. The molecular weight excluding hydrogens is 352 g/mol. The maximum atomic E-state index is 12.3. The van der Waals surface area contributed by atoms with Crippen LogP contribution in [0, 0.1) is 0 Å². The summed E-state index contributed by atoms with van der Waals surface area (Å²) < 4.78 is 41.0. The molecule has 1 aliphatic rings. The predicted molar refractivity (Wildman–Crippen MR) is 89.6 cm³/mol. The molecule has 1 aliphatic heterocycles. The number of piperazine rings is 1. The zero-order valence-electron chi connectivity index (χ0n) is 12.5. The zero-order chi connectivity index (χ0) is 15.3. The first-order valence-corrected chi connectivity index (χ1v) is 6.91. The molecule has 0 aromatic heterocycles. The third kappa shape index (κ3) is 6.99. The smallest absolute Gasteiger partial charge is 0.406 e. The lowest BCUT2D eigenvalue weighted by molar-refractivity contribution is -0.274. The fourth-order valence-corrected chi connectivity index (χ4v) is 2.57. The van der Waals surface area contributed by atoms with Crippen molar-refractivity contribution in [2.75, 3.05) is 26.2 Å². The van der Waals surface area contributed by atoms with E-state index in [-0.39, 0.29) is 36.6 Å². The molecule has 3 nitrogen and oxygen atoms in total. The molecule has 1 fully saturated rings. The summed E-state index contributed by atoms with van der Waals surface area (Å²) in [5.41, 5.74) is 0.818. The molecule has 132 valence electrons. The van der Waals surface area contributed by atoms with Gasteiger partial charge >= 0.3 is 6.36 Å². The van der Waals surface area contributed by atoms with Gasteiger partial charge in [0.25, 0.3) is 0 Å². The average Bonchev–Trinajstić information content (AvgIpc) is 2.44. The van der Waals surface area contributed by atoms with Crippen molar-refractivity contribution in [3.63, 3.8) is 0 Å². The van der Waals surface area contributed by atoms with Crippen molar-refractivity contribution in [2.24, 2.45) is 0 Å². The number of hydrogen-bond donors (Lipinski definition) is 1. The molecule has 0 aliphatic carbocycles. The summed E-state index contributed by atoms with van der Waals surface area (Å²) in [7, 11) is 0. The van der Waals surface area contributed by atoms with Crippen LogP contribution in [0.4, 0.5) is 13.2 Å². The van der Waals surface area contributed by atoms with Crippen molar-refractivity contribution in [3.05, 3.63) is 42.5 Å². The minimum atomic E-state index is -4.67. The van der Waals surface area contributed by atoms with E-state index in [1.54, 1.807) is 12.1 Å². The van der Waals surface area contributed by atoms with Crippen LogP contribution in [0.5, 0.6) is 5.75 Å². The van der Waals surface area contributed by atoms with Crippen LogP contribution in [-0.4, -0.2) is 37.4 Å². The first kappa shape index (κ1) is 22.1. The topological polar surface area (TPSA) is 24.5 Å². The van der Waals surface area contributed by atoms with Gasteiger partial charge in [0.1, 0.15) is 5.75 Å². The minimum absolute atomic E-state index is 0. The molecule has 1 aromatic rings. The molecule has 0 spiro atoms. The standard InChI is InChI=1S/C15H19F3N2O.2ClH/c1-2-4-14(20-9-7-19-8-10-20)12-5-3-6-13(11-12)21-15(16,17)18;;/h2-3,5-6,11,14,19H,1,4,7-10H2;2*1H/t14-;;/m1../s1. The SMILES string of the molecule is C=CC[C@H](c1cccc(OC(F)(F)F)c1)N1CCNCC1.Cl.Cl. The Labute approximate surface area is 146 Å². The van der Waals surface area contributed by atoms with Crippen molar-refractivity contribution in [3.8, 4) is 5.75 Å². The van der Waals surface area contributed by atoms with E-state index in [2.05, 4.69) is 21.5 Å². The van der Waals surface area contributed by atoms with Crippen LogP contribution in [-0.2, 0) is 0 Å². The molecule has 0 saturated carbocycles. The van der Waals surface area contributed by atoms with Crippen molar-refractivity contribution in [2.45, 2.75) is 18.8 Å². The number of halogens is 5. The molecule has 0 amide bonds. The molecular formula is C15H21Cl2F3N2O. The summed E-state index contributed by atoms with van der Waals surface area (Å²) in [6.07, 6.45) is -2.18. The second-order valence-corrected chi connectivity index (χ2v) is 4.95. The molecule has 2 rings (SSSR count). The van der Waals surface area contributed by atoms with Gasteiger partial charge in [0.2, 0.25) is 0 Å². The highest BCUT2D eigenvalue weighted by atomic mass is 35.5. The van der Waals surface area contributed by atoms with E-state index in [0.717, 1.165) is 31.7 Å². The van der Waals surface area contributed by atoms with Crippen molar-refractivity contribution < 1.29 is 17.9 Å². The second-order valence-electron chi connectivity index (χ2n) is 4.95. The van der Waals surface area contributed by atoms with Gasteiger partial charge in [0.15, 0.2) is 0 Å². The second kappa shape index (κ2) is 10.0. The lowest BCUT2D eigenvalue weighted by Crippen LogP contribution is -2.45. The van der Waals surface area contributed by atoms with E-state index in [0.29, 0.717) is 6.42 Å². The van der Waals surface area contributed by atoms with Gasteiger partial charge in [-0.2, -0.15) is 0 Å². The summed E-state index contributed by atoms with van der Waals surface area (Å²) in [4.78, 5) is 2.25. The maximum Gasteiger partial charge on any atom is 0.573 e. The summed E-state index contributed by atoms with van der Waals surface area (Å²) in [5.74, 6) is -0.177. The van der Waals surface area contributed by atoms with E-state index in [4.69, 9.17) is 0 Å². The molecule has 0 bridgehead atoms. The van der Waals surface area contributed by atoms with Gasteiger partial charge in [-0.3, -0.25) is 4.90 Å². The summed E-state index contributed by atoms with van der Waals surface area (Å²) >= 11 is 0. The fourth-order valence-electron chi connectivity index (χ4n) is 2.57. The van der Waals surface area contributed by atoms with E-state index in [9.17, 15) is 13.2 Å². The largest absolute Gasteiger partial charge is 0.573 e. The molecule has 8 heteroatoms. The van der Waals surface area contributed by atoms with Gasteiger partial charge in [0, 0.05) is 32.2 Å². The Hall–Kier alpha value is -0.950. The lowest BCUT2D eigenvalue weighted by Gasteiger charge is -2.35. The number of nitrogens with one attached hydrogen (secondary N) is 1. The minimum Gasteiger partial charge on any atom is -0.406 e. The first-order chi connectivity index (χ1) is 9.99. The highest BCUT2D eigenvalue weighted by Gasteiger charge is 2.31. The van der Waals surface area contributed by atoms with Crippen molar-refractivity contribution >= 4 is 24.8 Å². The van der Waals surface area contributed by atoms with Crippen LogP contribution in [0.3, 0.4) is 0 Å². The van der Waals surface area contributed by atoms with E-state index in [1.165, 1.54) is 12.1 Å². The van der Waals surface area contributed by atoms with Crippen LogP contribution in [0.15, 0.2) is 36.9 Å². The van der Waals surface area contributed by atoms with Crippen LogP contribution in [0.1, 0.15) is 18.0 Å². The summed E-state index contributed by atoms with van der Waals surface area (Å²) in [6.45, 7) is 7.24. The Morgan fingerprint density at radius 2 is 1.91 bits per heavy atom. The fraction of sp³-hybridized carbons (Fsp3) is 0.467. The number of alkyl halides is 3. The Balaban J connectivity index is 0.00000242. The third-order valence-electron chi connectivity index (χ3n) is 3.46. The third-order valence-corrected chi connectivity index (χ3v) is 3.46. The van der Waals surface area contributed by atoms with Crippen LogP contribution >= 0.6 is 24.8 Å². The zero-order valence-corrected chi connectivity index (χ0v) is 14.1. The molecule has 0 radical (unpaired) electrons. The Morgan fingerprint density at radius 3 is 2.48 bits per heavy atom. The molecule has 23 heavy (non-hydrogen) atoms. The number of benzene rings is 1. The molecule has 1 heterocycles. The molecule has 1 N–H and O–H groups in total. The number of ether oxygens (including phenoxy) is 1. The van der Waals surface area contributed by atoms with Gasteiger partial charge in [-0.25, -0.2) is 0 Å². The van der Waals surface area contributed by atoms with Crippen LogP contribution < -0.4 is 10.1 Å². The predicted octanol–water partition coefficient (Wildman–Crippen LogP) is 3.95. The Kier molecular flexibility index (Phi) is 9.61. The van der Waals surface area contributed by atoms with E-state index < -0.39 is 6.36 Å². The van der Waals surface area contributed by atoms with E-state index in [1.807, 2.05) is 6.07 Å². The molecule has 1 saturated heterocycles. The van der Waals surface area contributed by atoms with Crippen LogP contribution in [0.25, 0.3) is 0 Å². The highest BCUT2D eigenvalue weighted by molar-refractivity contribution is 5.85. The summed E-state index contributed by atoms with van der Waals surface area (Å²) in [5, 5.41) is 3.26. The van der Waals surface area contributed by atoms with Crippen LogP contribution in [0.2, 0.25) is 0 Å². The van der Waals surface area contributed by atoms with Crippen molar-refractivity contribution in [1.82, 2.24) is 10.2 Å². The van der Waals surface area contributed by atoms with Gasteiger partial charge in [0.05, 0.1) is 0 Å². The van der Waals surface area contributed by atoms with Gasteiger partial charge < -0.3 is 10.1 Å². The van der Waals surface area contributed by atoms with Crippen molar-refractivity contribution in [1.29, 1.82) is 0 Å². The summed E-state index contributed by atoms with van der Waals surface area (Å²) in [6, 6.07) is 6.23. The quantitative estimate of drug-likeness (QED) is 0.791. The van der Waals surface area contributed by atoms with E-state index >= 15 is 0 Å². The highest BCUT2D eigenvalue weighted by Crippen LogP contribution is 2.30. The number of nitrogens with zero attached hydrogens (tertiary/aromatic N) is 1. The Bertz CT molecular complexity index is 480.